The van der Waals surface area contributed by atoms with Gasteiger partial charge in [0.05, 0.1) is 11.4 Å². The summed E-state index contributed by atoms with van der Waals surface area (Å²) in [7, 11) is 0. The van der Waals surface area contributed by atoms with Gasteiger partial charge in [-0.3, -0.25) is 19.7 Å². The van der Waals surface area contributed by atoms with Gasteiger partial charge in [-0.2, -0.15) is 0 Å². The lowest BCUT2D eigenvalue weighted by Gasteiger charge is -2.30. The van der Waals surface area contributed by atoms with Crippen LogP contribution in [0.4, 0.5) is 5.13 Å². The van der Waals surface area contributed by atoms with Crippen LogP contribution in [-0.4, -0.2) is 46.0 Å². The molecule has 25 heavy (non-hydrogen) atoms. The topological polar surface area (TPSA) is 112 Å². The van der Waals surface area contributed by atoms with Gasteiger partial charge < -0.3 is 16.0 Å². The van der Waals surface area contributed by atoms with Gasteiger partial charge in [0.25, 0.3) is 0 Å². The third-order valence-electron chi connectivity index (χ3n) is 3.73. The Hall–Kier alpha value is -1.65. The number of aryl methyl sites for hydroxylation is 1. The van der Waals surface area contributed by atoms with Crippen molar-refractivity contribution in [2.24, 2.45) is 0 Å². The Bertz CT molecular complexity index is 661. The molecule has 1 saturated heterocycles. The molecule has 0 spiro atoms. The van der Waals surface area contributed by atoms with Crippen molar-refractivity contribution >= 4 is 46.0 Å². The summed E-state index contributed by atoms with van der Waals surface area (Å²) in [6.45, 7) is 1.86. The maximum Gasteiger partial charge on any atom is 0.236 e. The Morgan fingerprint density at radius 3 is 2.88 bits per heavy atom. The Morgan fingerprint density at radius 2 is 2.20 bits per heavy atom. The van der Waals surface area contributed by atoms with E-state index in [0.29, 0.717) is 11.2 Å². The number of carbonyl (C=O) groups excluding carboxylic acids is 3. The molecule has 8 nitrogen and oxygen atoms in total. The van der Waals surface area contributed by atoms with E-state index in [4.69, 9.17) is 0 Å². The molecule has 1 aromatic rings. The van der Waals surface area contributed by atoms with Crippen LogP contribution in [0.25, 0.3) is 0 Å². The van der Waals surface area contributed by atoms with Gasteiger partial charge in [0, 0.05) is 30.3 Å². The average molecular weight is 383 g/mol. The van der Waals surface area contributed by atoms with Crippen LogP contribution in [-0.2, 0) is 14.4 Å². The van der Waals surface area contributed by atoms with Gasteiger partial charge in [-0.25, -0.2) is 4.98 Å². The quantitative estimate of drug-likeness (QED) is 0.547. The molecule has 1 aromatic heterocycles. The van der Waals surface area contributed by atoms with Crippen LogP contribution < -0.4 is 21.3 Å². The smallest absolute Gasteiger partial charge is 0.236 e. The molecule has 2 unspecified atom stereocenters. The Kier molecular flexibility index (Phi) is 5.92. The second-order valence-corrected chi connectivity index (χ2v) is 8.17. The van der Waals surface area contributed by atoms with Gasteiger partial charge in [0.1, 0.15) is 5.50 Å². The summed E-state index contributed by atoms with van der Waals surface area (Å²) >= 11 is 2.66. The van der Waals surface area contributed by atoms with Gasteiger partial charge in [0.15, 0.2) is 5.13 Å². The van der Waals surface area contributed by atoms with Crippen molar-refractivity contribution in [1.82, 2.24) is 20.9 Å². The second kappa shape index (κ2) is 8.15. The number of hydrogen-bond donors (Lipinski definition) is 4. The van der Waals surface area contributed by atoms with E-state index >= 15 is 0 Å². The molecule has 2 aliphatic rings. The summed E-state index contributed by atoms with van der Waals surface area (Å²) in [5, 5.41) is 14.1. The van der Waals surface area contributed by atoms with E-state index in [2.05, 4.69) is 26.3 Å². The number of thiazole rings is 1. The molecular formula is C15H21N5O3S2. The van der Waals surface area contributed by atoms with E-state index in [1.54, 1.807) is 0 Å². The Balaban J connectivity index is 1.42. The highest BCUT2D eigenvalue weighted by Crippen LogP contribution is 2.20. The molecule has 3 amide bonds. The van der Waals surface area contributed by atoms with Crippen LogP contribution >= 0.6 is 23.1 Å². The largest absolute Gasteiger partial charge is 0.353 e. The molecule has 2 fully saturated rings. The first kappa shape index (κ1) is 18.2. The zero-order valence-electron chi connectivity index (χ0n) is 13.8. The molecule has 1 aliphatic heterocycles. The monoisotopic (exact) mass is 383 g/mol. The van der Waals surface area contributed by atoms with Crippen LogP contribution in [0.2, 0.25) is 0 Å². The maximum absolute atomic E-state index is 12.0. The average Bonchev–Trinajstić information content (AvgIpc) is 3.25. The number of nitrogens with zero attached hydrogens (tertiary/aromatic N) is 1. The van der Waals surface area contributed by atoms with E-state index in [0.717, 1.165) is 18.5 Å². The highest BCUT2D eigenvalue weighted by Gasteiger charge is 2.30. The predicted molar refractivity (Wildman–Crippen MR) is 97.2 cm³/mol. The first-order valence-corrected chi connectivity index (χ1v) is 10.1. The molecule has 4 N–H and O–H groups in total. The number of aromatic nitrogens is 1. The number of thioether (sulfide) groups is 1. The lowest BCUT2D eigenvalue weighted by Crippen LogP contribution is -2.56. The van der Waals surface area contributed by atoms with Gasteiger partial charge in [0.2, 0.25) is 17.7 Å². The first-order valence-electron chi connectivity index (χ1n) is 8.16. The molecule has 3 rings (SSSR count). The van der Waals surface area contributed by atoms with Gasteiger partial charge in [-0.15, -0.1) is 23.1 Å². The third kappa shape index (κ3) is 5.98. The summed E-state index contributed by atoms with van der Waals surface area (Å²) in [6, 6.07) is 0.1000. The SMILES string of the molecule is Cc1csc(NC(=O)CSC2NC(=O)CC(CC(=O)NC3CC3)N2)n1. The fraction of sp³-hybridized carbons (Fsp3) is 0.600. The van der Waals surface area contributed by atoms with Crippen molar-refractivity contribution in [3.8, 4) is 0 Å². The summed E-state index contributed by atoms with van der Waals surface area (Å²) < 4.78 is 0. The molecule has 1 aliphatic carbocycles. The number of hydrogen-bond acceptors (Lipinski definition) is 7. The van der Waals surface area contributed by atoms with Crippen LogP contribution in [0.3, 0.4) is 0 Å². The van der Waals surface area contributed by atoms with Crippen molar-refractivity contribution < 1.29 is 14.4 Å². The van der Waals surface area contributed by atoms with E-state index in [-0.39, 0.29) is 47.9 Å². The van der Waals surface area contributed by atoms with E-state index in [9.17, 15) is 14.4 Å². The van der Waals surface area contributed by atoms with Crippen LogP contribution in [0.5, 0.6) is 0 Å². The van der Waals surface area contributed by atoms with Gasteiger partial charge in [-0.1, -0.05) is 0 Å². The highest BCUT2D eigenvalue weighted by atomic mass is 32.2. The lowest BCUT2D eigenvalue weighted by molar-refractivity contribution is -0.125. The highest BCUT2D eigenvalue weighted by molar-refractivity contribution is 8.00. The summed E-state index contributed by atoms with van der Waals surface area (Å²) in [5.41, 5.74) is 0.477. The molecule has 0 radical (unpaired) electrons. The number of carbonyl (C=O) groups is 3. The zero-order valence-corrected chi connectivity index (χ0v) is 15.5. The van der Waals surface area contributed by atoms with Crippen LogP contribution in [0.15, 0.2) is 5.38 Å². The Morgan fingerprint density at radius 1 is 1.40 bits per heavy atom. The number of amides is 3. The van der Waals surface area contributed by atoms with Gasteiger partial charge in [-0.05, 0) is 19.8 Å². The predicted octanol–water partition coefficient (Wildman–Crippen LogP) is 0.554. The molecule has 2 atom stereocenters. The van der Waals surface area contributed by atoms with Crippen LogP contribution in [0, 0.1) is 6.92 Å². The maximum atomic E-state index is 12.0. The normalized spacial score (nSPS) is 23.0. The number of nitrogens with one attached hydrogen (secondary N) is 4. The van der Waals surface area contributed by atoms with Crippen molar-refractivity contribution in [2.45, 2.75) is 50.2 Å². The standard InChI is InChI=1S/C15H21N5O3S2/c1-8-6-24-14(16-8)20-13(23)7-25-15-18-10(5-12(22)19-15)4-11(21)17-9-2-3-9/h6,9-10,15,18H,2-5,7H2,1H3,(H,17,21)(H,19,22)(H,16,20,23). The third-order valence-corrected chi connectivity index (χ3v) is 5.62. The molecule has 2 heterocycles. The summed E-state index contributed by atoms with van der Waals surface area (Å²) in [5.74, 6) is -0.145. The van der Waals surface area contributed by atoms with Gasteiger partial charge >= 0.3 is 0 Å². The molecular weight excluding hydrogens is 362 g/mol. The molecule has 10 heteroatoms. The fourth-order valence-electron chi connectivity index (χ4n) is 2.43. The molecule has 1 saturated carbocycles. The lowest BCUT2D eigenvalue weighted by atomic mass is 10.1. The van der Waals surface area contributed by atoms with E-state index in [1.165, 1.54) is 23.1 Å². The minimum atomic E-state index is -0.385. The fourth-order valence-corrected chi connectivity index (χ4v) is 4.03. The molecule has 0 bridgehead atoms. The van der Waals surface area contributed by atoms with Crippen LogP contribution in [0.1, 0.15) is 31.4 Å². The number of anilines is 1. The van der Waals surface area contributed by atoms with Crippen molar-refractivity contribution in [3.63, 3.8) is 0 Å². The van der Waals surface area contributed by atoms with E-state index in [1.807, 2.05) is 12.3 Å². The minimum absolute atomic E-state index is 0.0321. The second-order valence-electron chi connectivity index (χ2n) is 6.21. The zero-order chi connectivity index (χ0) is 17.8. The van der Waals surface area contributed by atoms with Crippen molar-refractivity contribution in [1.29, 1.82) is 0 Å². The van der Waals surface area contributed by atoms with E-state index < -0.39 is 0 Å². The number of rotatable bonds is 7. The van der Waals surface area contributed by atoms with Crippen molar-refractivity contribution in [2.75, 3.05) is 11.1 Å². The first-order chi connectivity index (χ1) is 12.0. The molecule has 136 valence electrons. The minimum Gasteiger partial charge on any atom is -0.353 e. The summed E-state index contributed by atoms with van der Waals surface area (Å²) in [6.07, 6.45) is 2.61. The Labute approximate surface area is 153 Å². The molecule has 0 aromatic carbocycles. The summed E-state index contributed by atoms with van der Waals surface area (Å²) in [4.78, 5) is 39.9. The van der Waals surface area contributed by atoms with Crippen molar-refractivity contribution in [3.05, 3.63) is 11.1 Å².